The second-order valence-corrected chi connectivity index (χ2v) is 5.13. The van der Waals surface area contributed by atoms with Crippen molar-refractivity contribution in [1.82, 2.24) is 20.3 Å². The number of hydrogen-bond acceptors (Lipinski definition) is 3. The first-order chi connectivity index (χ1) is 8.67. The summed E-state index contributed by atoms with van der Waals surface area (Å²) in [5.41, 5.74) is 2.15. The van der Waals surface area contributed by atoms with Crippen LogP contribution in [-0.4, -0.2) is 22.0 Å². The molecule has 18 heavy (non-hydrogen) atoms. The smallest absolute Gasteiger partial charge is 0.0801 e. The van der Waals surface area contributed by atoms with Crippen molar-refractivity contribution < 1.29 is 0 Å². The maximum Gasteiger partial charge on any atom is 0.0801 e. The molecule has 0 spiro atoms. The van der Waals surface area contributed by atoms with Crippen LogP contribution >= 0.6 is 27.5 Å². The summed E-state index contributed by atoms with van der Waals surface area (Å²) in [6, 6.07) is 5.94. The van der Waals surface area contributed by atoms with Gasteiger partial charge >= 0.3 is 0 Å². The van der Waals surface area contributed by atoms with Crippen molar-refractivity contribution >= 4 is 27.5 Å². The molecule has 0 fully saturated rings. The molecule has 1 aromatic carbocycles. The highest BCUT2D eigenvalue weighted by Gasteiger charge is 2.17. The molecule has 0 amide bonds. The van der Waals surface area contributed by atoms with E-state index in [1.54, 1.807) is 6.20 Å². The summed E-state index contributed by atoms with van der Waals surface area (Å²) in [5.74, 6) is 0. The minimum atomic E-state index is 0.0496. The van der Waals surface area contributed by atoms with Gasteiger partial charge in [-0.05, 0) is 47.6 Å². The monoisotopic (exact) mass is 328 g/mol. The molecule has 4 nitrogen and oxygen atoms in total. The Morgan fingerprint density at radius 3 is 2.89 bits per heavy atom. The number of aryl methyl sites for hydroxylation is 1. The second-order valence-electron chi connectivity index (χ2n) is 3.87. The van der Waals surface area contributed by atoms with Crippen molar-refractivity contribution in [2.24, 2.45) is 0 Å². The van der Waals surface area contributed by atoms with Crippen LogP contribution in [0.4, 0.5) is 0 Å². The van der Waals surface area contributed by atoms with Gasteiger partial charge in [-0.15, -0.1) is 5.10 Å². The predicted octanol–water partition coefficient (Wildman–Crippen LogP) is 3.02. The molecular weight excluding hydrogens is 316 g/mol. The molecule has 1 atom stereocenters. The summed E-state index contributed by atoms with van der Waals surface area (Å²) in [6.45, 7) is 2.84. The SMILES string of the molecule is CCn1nncc1C(NC)c1ccc(Cl)c(Br)c1. The third-order valence-corrected chi connectivity index (χ3v) is 4.02. The average molecular weight is 330 g/mol. The Morgan fingerprint density at radius 2 is 2.28 bits per heavy atom. The molecular formula is C12H14BrClN4. The lowest BCUT2D eigenvalue weighted by molar-refractivity contribution is 0.552. The van der Waals surface area contributed by atoms with E-state index in [0.717, 1.165) is 22.3 Å². The van der Waals surface area contributed by atoms with Gasteiger partial charge in [-0.2, -0.15) is 0 Å². The minimum Gasteiger partial charge on any atom is -0.308 e. The fourth-order valence-electron chi connectivity index (χ4n) is 1.91. The molecule has 6 heteroatoms. The van der Waals surface area contributed by atoms with E-state index < -0.39 is 0 Å². The van der Waals surface area contributed by atoms with E-state index in [4.69, 9.17) is 11.6 Å². The zero-order chi connectivity index (χ0) is 13.1. The van der Waals surface area contributed by atoms with Crippen LogP contribution in [0.15, 0.2) is 28.9 Å². The minimum absolute atomic E-state index is 0.0496. The Labute approximate surface area is 119 Å². The van der Waals surface area contributed by atoms with E-state index in [1.807, 2.05) is 36.9 Å². The van der Waals surface area contributed by atoms with Gasteiger partial charge in [0.2, 0.25) is 0 Å². The Balaban J connectivity index is 2.42. The molecule has 0 aliphatic carbocycles. The van der Waals surface area contributed by atoms with Crippen LogP contribution < -0.4 is 5.32 Å². The van der Waals surface area contributed by atoms with Gasteiger partial charge in [-0.25, -0.2) is 4.68 Å². The summed E-state index contributed by atoms with van der Waals surface area (Å²) in [7, 11) is 1.92. The van der Waals surface area contributed by atoms with Crippen LogP contribution in [0.1, 0.15) is 24.2 Å². The first-order valence-electron chi connectivity index (χ1n) is 5.68. The average Bonchev–Trinajstić information content (AvgIpc) is 2.83. The van der Waals surface area contributed by atoms with Crippen molar-refractivity contribution in [1.29, 1.82) is 0 Å². The Morgan fingerprint density at radius 1 is 1.50 bits per heavy atom. The Hall–Kier alpha value is -0.910. The molecule has 0 aliphatic rings. The molecule has 1 N–H and O–H groups in total. The molecule has 0 saturated heterocycles. The van der Waals surface area contributed by atoms with Gasteiger partial charge in [0.25, 0.3) is 0 Å². The largest absolute Gasteiger partial charge is 0.308 e. The molecule has 96 valence electrons. The number of nitrogens with one attached hydrogen (secondary N) is 1. The molecule has 1 heterocycles. The zero-order valence-electron chi connectivity index (χ0n) is 10.2. The molecule has 1 aromatic heterocycles. The van der Waals surface area contributed by atoms with Crippen LogP contribution in [0.5, 0.6) is 0 Å². The number of benzene rings is 1. The van der Waals surface area contributed by atoms with Crippen LogP contribution in [0.2, 0.25) is 5.02 Å². The van der Waals surface area contributed by atoms with Gasteiger partial charge in [0.15, 0.2) is 0 Å². The van der Waals surface area contributed by atoms with Crippen molar-refractivity contribution in [2.45, 2.75) is 19.5 Å². The van der Waals surface area contributed by atoms with E-state index in [1.165, 1.54) is 0 Å². The van der Waals surface area contributed by atoms with Crippen LogP contribution in [0.3, 0.4) is 0 Å². The number of nitrogens with zero attached hydrogens (tertiary/aromatic N) is 3. The first kappa shape index (κ1) is 13.5. The zero-order valence-corrected chi connectivity index (χ0v) is 12.5. The van der Waals surface area contributed by atoms with Crippen LogP contribution in [0.25, 0.3) is 0 Å². The lowest BCUT2D eigenvalue weighted by Crippen LogP contribution is -2.21. The molecule has 2 rings (SSSR count). The molecule has 0 aliphatic heterocycles. The van der Waals surface area contributed by atoms with Gasteiger partial charge < -0.3 is 5.32 Å². The number of rotatable bonds is 4. The number of aromatic nitrogens is 3. The van der Waals surface area contributed by atoms with Crippen molar-refractivity contribution in [3.63, 3.8) is 0 Å². The molecule has 2 aromatic rings. The van der Waals surface area contributed by atoms with E-state index in [-0.39, 0.29) is 6.04 Å². The number of halogens is 2. The maximum atomic E-state index is 6.01. The molecule has 1 unspecified atom stereocenters. The van der Waals surface area contributed by atoms with Crippen molar-refractivity contribution in [3.8, 4) is 0 Å². The third kappa shape index (κ3) is 2.58. The van der Waals surface area contributed by atoms with Gasteiger partial charge in [0.05, 0.1) is 23.0 Å². The van der Waals surface area contributed by atoms with E-state index in [9.17, 15) is 0 Å². The predicted molar refractivity (Wildman–Crippen MR) is 75.8 cm³/mol. The van der Waals surface area contributed by atoms with E-state index in [0.29, 0.717) is 5.02 Å². The first-order valence-corrected chi connectivity index (χ1v) is 6.85. The van der Waals surface area contributed by atoms with Crippen molar-refractivity contribution in [3.05, 3.63) is 45.1 Å². The maximum absolute atomic E-state index is 6.01. The van der Waals surface area contributed by atoms with Gasteiger partial charge in [0, 0.05) is 11.0 Å². The topological polar surface area (TPSA) is 42.7 Å². The lowest BCUT2D eigenvalue weighted by Gasteiger charge is -2.17. The summed E-state index contributed by atoms with van der Waals surface area (Å²) >= 11 is 9.46. The van der Waals surface area contributed by atoms with Crippen LogP contribution in [0, 0.1) is 0 Å². The Kier molecular flexibility index (Phi) is 4.37. The molecule has 0 saturated carbocycles. The summed E-state index contributed by atoms with van der Waals surface area (Å²) in [5, 5.41) is 12.0. The fraction of sp³-hybridized carbons (Fsp3) is 0.333. The fourth-order valence-corrected chi connectivity index (χ4v) is 2.43. The lowest BCUT2D eigenvalue weighted by atomic mass is 10.0. The van der Waals surface area contributed by atoms with E-state index in [2.05, 4.69) is 31.6 Å². The summed E-state index contributed by atoms with van der Waals surface area (Å²) < 4.78 is 2.77. The summed E-state index contributed by atoms with van der Waals surface area (Å²) in [4.78, 5) is 0. The quantitative estimate of drug-likeness (QED) is 0.937. The highest BCUT2D eigenvalue weighted by molar-refractivity contribution is 9.10. The highest BCUT2D eigenvalue weighted by atomic mass is 79.9. The standard InChI is InChI=1S/C12H14BrClN4/c1-3-18-11(7-16-17-18)12(15-2)8-4-5-10(14)9(13)6-8/h4-7,12,15H,3H2,1-2H3. The Bertz CT molecular complexity index is 541. The van der Waals surface area contributed by atoms with Crippen LogP contribution in [-0.2, 0) is 6.54 Å². The number of hydrogen-bond donors (Lipinski definition) is 1. The summed E-state index contributed by atoms with van der Waals surface area (Å²) in [6.07, 6.45) is 1.78. The highest BCUT2D eigenvalue weighted by Crippen LogP contribution is 2.28. The van der Waals surface area contributed by atoms with Gasteiger partial charge in [-0.3, -0.25) is 0 Å². The van der Waals surface area contributed by atoms with Gasteiger partial charge in [0.1, 0.15) is 0 Å². The van der Waals surface area contributed by atoms with E-state index >= 15 is 0 Å². The molecule has 0 bridgehead atoms. The third-order valence-electron chi connectivity index (χ3n) is 2.81. The van der Waals surface area contributed by atoms with Gasteiger partial charge in [-0.1, -0.05) is 22.9 Å². The molecule has 0 radical (unpaired) electrons. The van der Waals surface area contributed by atoms with Crippen molar-refractivity contribution in [2.75, 3.05) is 7.05 Å². The second kappa shape index (κ2) is 5.82. The normalized spacial score (nSPS) is 12.7.